The highest BCUT2D eigenvalue weighted by Crippen LogP contribution is 2.24. The average molecular weight is 274 g/mol. The van der Waals surface area contributed by atoms with Gasteiger partial charge in [0.05, 0.1) is 8.49 Å². The molecular weight excluding hydrogens is 271 g/mol. The van der Waals surface area contributed by atoms with Crippen LogP contribution in [0.5, 0.6) is 0 Å². The molecule has 0 bridgehead atoms. The van der Waals surface area contributed by atoms with Crippen molar-refractivity contribution >= 4 is 28.3 Å². The Morgan fingerprint density at radius 1 is 1.58 bits per heavy atom. The molecule has 0 atom stereocenters. The zero-order valence-corrected chi connectivity index (χ0v) is 7.98. The number of nitro groups is 1. The van der Waals surface area contributed by atoms with E-state index in [1.807, 2.05) is 22.6 Å². The molecule has 0 fully saturated rings. The van der Waals surface area contributed by atoms with Gasteiger partial charge in [-0.15, -0.1) is 0 Å². The van der Waals surface area contributed by atoms with Gasteiger partial charge in [0, 0.05) is 0 Å². The molecule has 0 radical (unpaired) electrons. The summed E-state index contributed by atoms with van der Waals surface area (Å²) in [4.78, 5) is 9.91. The van der Waals surface area contributed by atoms with Crippen LogP contribution in [0.15, 0.2) is 18.2 Å². The van der Waals surface area contributed by atoms with Gasteiger partial charge in [-0.25, -0.2) is 0 Å². The summed E-state index contributed by atoms with van der Waals surface area (Å²) < 4.78 is 0.483. The van der Waals surface area contributed by atoms with Gasteiger partial charge in [0.25, 0.3) is 5.69 Å². The molecule has 60 valence electrons. The molecule has 1 rings (SSSR count). The molecule has 0 aromatic heterocycles. The Balaban J connectivity index is 3.42. The van der Waals surface area contributed by atoms with Crippen LogP contribution < -0.4 is 0 Å². The number of halogens is 1. The van der Waals surface area contributed by atoms with E-state index in [0.717, 1.165) is 0 Å². The zero-order valence-electron chi connectivity index (χ0n) is 5.82. The van der Waals surface area contributed by atoms with E-state index in [9.17, 15) is 10.1 Å². The van der Waals surface area contributed by atoms with Crippen LogP contribution in [0.25, 0.3) is 0 Å². The molecule has 0 saturated heterocycles. The molecule has 4 nitrogen and oxygen atoms in total. The first-order chi connectivity index (χ1) is 5.66. The van der Waals surface area contributed by atoms with Crippen molar-refractivity contribution in [3.63, 3.8) is 0 Å². The lowest BCUT2D eigenvalue weighted by molar-refractivity contribution is -0.386. The Morgan fingerprint density at radius 2 is 2.25 bits per heavy atom. The molecule has 1 aromatic rings. The Bertz CT molecular complexity index is 370. The van der Waals surface area contributed by atoms with Gasteiger partial charge in [0.15, 0.2) is 0 Å². The zero-order chi connectivity index (χ0) is 9.14. The summed E-state index contributed by atoms with van der Waals surface area (Å²) in [6.07, 6.45) is 0. The highest BCUT2D eigenvalue weighted by atomic mass is 127. The molecule has 0 spiro atoms. The summed E-state index contributed by atoms with van der Waals surface area (Å²) in [5, 5.41) is 19.0. The predicted octanol–water partition coefficient (Wildman–Crippen LogP) is 2.07. The summed E-state index contributed by atoms with van der Waals surface area (Å²) in [5.41, 5.74) is -0.00694. The minimum absolute atomic E-state index is 0.104. The number of nitriles is 1. The van der Waals surface area contributed by atoms with Gasteiger partial charge < -0.3 is 0 Å². The van der Waals surface area contributed by atoms with Gasteiger partial charge in [-0.3, -0.25) is 10.1 Å². The van der Waals surface area contributed by atoms with Gasteiger partial charge in [-0.05, 0) is 34.7 Å². The molecule has 1 aromatic carbocycles. The highest BCUT2D eigenvalue weighted by molar-refractivity contribution is 14.1. The summed E-state index contributed by atoms with van der Waals surface area (Å²) in [6, 6.07) is 6.42. The van der Waals surface area contributed by atoms with Crippen LogP contribution in [0, 0.1) is 25.0 Å². The van der Waals surface area contributed by atoms with E-state index in [2.05, 4.69) is 0 Å². The standard InChI is InChI=1S/C7H3IN2O2/c8-6-3-1-2-5(4-9)7(6)10(11)12/h1-3H. The van der Waals surface area contributed by atoms with Crippen molar-refractivity contribution in [1.29, 1.82) is 5.26 Å². The first-order valence-electron chi connectivity index (χ1n) is 3.00. The van der Waals surface area contributed by atoms with Crippen LogP contribution in [-0.2, 0) is 0 Å². The minimum Gasteiger partial charge on any atom is -0.258 e. The van der Waals surface area contributed by atoms with Crippen LogP contribution in [0.2, 0.25) is 0 Å². The molecule has 0 aliphatic carbocycles. The fraction of sp³-hybridized carbons (Fsp3) is 0. The summed E-state index contributed by atoms with van der Waals surface area (Å²) >= 11 is 1.83. The fourth-order valence-corrected chi connectivity index (χ4v) is 1.49. The third kappa shape index (κ3) is 1.53. The quantitative estimate of drug-likeness (QED) is 0.447. The van der Waals surface area contributed by atoms with Crippen molar-refractivity contribution in [2.24, 2.45) is 0 Å². The second-order valence-corrected chi connectivity index (χ2v) is 3.17. The van der Waals surface area contributed by atoms with Crippen molar-refractivity contribution < 1.29 is 4.92 Å². The number of hydrogen-bond acceptors (Lipinski definition) is 3. The summed E-state index contributed by atoms with van der Waals surface area (Å²) in [5.74, 6) is 0. The van der Waals surface area contributed by atoms with E-state index in [4.69, 9.17) is 5.26 Å². The number of para-hydroxylation sites is 1. The summed E-state index contributed by atoms with van der Waals surface area (Å²) in [7, 11) is 0. The molecule has 12 heavy (non-hydrogen) atoms. The molecule has 0 N–H and O–H groups in total. The molecule has 0 aliphatic rings. The Morgan fingerprint density at radius 3 is 2.67 bits per heavy atom. The van der Waals surface area contributed by atoms with Crippen molar-refractivity contribution in [2.75, 3.05) is 0 Å². The second-order valence-electron chi connectivity index (χ2n) is 2.00. The van der Waals surface area contributed by atoms with Crippen LogP contribution in [0.1, 0.15) is 5.56 Å². The Hall–Kier alpha value is -1.16. The second kappa shape index (κ2) is 3.49. The van der Waals surface area contributed by atoms with Crippen LogP contribution in [0.3, 0.4) is 0 Å². The third-order valence-electron chi connectivity index (χ3n) is 1.29. The maximum absolute atomic E-state index is 10.5. The first kappa shape index (κ1) is 8.93. The van der Waals surface area contributed by atoms with E-state index in [1.54, 1.807) is 18.2 Å². The molecule has 5 heteroatoms. The van der Waals surface area contributed by atoms with Gasteiger partial charge in [0.2, 0.25) is 0 Å². The number of nitrogens with zero attached hydrogens (tertiary/aromatic N) is 2. The van der Waals surface area contributed by atoms with Gasteiger partial charge in [0.1, 0.15) is 11.6 Å². The smallest absolute Gasteiger partial charge is 0.258 e. The lowest BCUT2D eigenvalue weighted by Gasteiger charge is -1.95. The number of rotatable bonds is 1. The normalized spacial score (nSPS) is 9.00. The van der Waals surface area contributed by atoms with Crippen LogP contribution >= 0.6 is 22.6 Å². The molecular formula is C7H3IN2O2. The molecule has 0 heterocycles. The van der Waals surface area contributed by atoms with E-state index >= 15 is 0 Å². The maximum atomic E-state index is 10.5. The van der Waals surface area contributed by atoms with Crippen LogP contribution in [-0.4, -0.2) is 4.92 Å². The third-order valence-corrected chi connectivity index (χ3v) is 2.16. The number of hydrogen-bond donors (Lipinski definition) is 0. The largest absolute Gasteiger partial charge is 0.300 e. The fourth-order valence-electron chi connectivity index (χ4n) is 0.791. The molecule has 0 saturated carbocycles. The molecule has 0 amide bonds. The highest BCUT2D eigenvalue weighted by Gasteiger charge is 2.16. The first-order valence-corrected chi connectivity index (χ1v) is 4.07. The number of benzene rings is 1. The maximum Gasteiger partial charge on any atom is 0.300 e. The minimum atomic E-state index is -0.541. The van der Waals surface area contributed by atoms with Crippen molar-refractivity contribution in [2.45, 2.75) is 0 Å². The predicted molar refractivity (Wildman–Crippen MR) is 50.5 cm³/mol. The van der Waals surface area contributed by atoms with Gasteiger partial charge >= 0.3 is 0 Å². The van der Waals surface area contributed by atoms with E-state index in [0.29, 0.717) is 3.57 Å². The lowest BCUT2D eigenvalue weighted by Crippen LogP contribution is -1.94. The lowest BCUT2D eigenvalue weighted by atomic mass is 10.2. The Kier molecular flexibility index (Phi) is 2.60. The van der Waals surface area contributed by atoms with Crippen molar-refractivity contribution in [3.8, 4) is 6.07 Å². The SMILES string of the molecule is N#Cc1cccc(I)c1[N+](=O)[O-]. The van der Waals surface area contributed by atoms with Crippen molar-refractivity contribution in [3.05, 3.63) is 37.4 Å². The van der Waals surface area contributed by atoms with Crippen molar-refractivity contribution in [1.82, 2.24) is 0 Å². The monoisotopic (exact) mass is 274 g/mol. The molecule has 0 unspecified atom stereocenters. The van der Waals surface area contributed by atoms with E-state index in [1.165, 1.54) is 6.07 Å². The molecule has 0 aliphatic heterocycles. The summed E-state index contributed by atoms with van der Waals surface area (Å²) in [6.45, 7) is 0. The Labute approximate surface area is 82.1 Å². The van der Waals surface area contributed by atoms with Crippen LogP contribution in [0.4, 0.5) is 5.69 Å². The number of nitro benzene ring substituents is 1. The van der Waals surface area contributed by atoms with Gasteiger partial charge in [-0.1, -0.05) is 6.07 Å². The van der Waals surface area contributed by atoms with E-state index < -0.39 is 4.92 Å². The van der Waals surface area contributed by atoms with Gasteiger partial charge in [-0.2, -0.15) is 5.26 Å². The average Bonchev–Trinajstić information content (AvgIpc) is 2.03. The van der Waals surface area contributed by atoms with E-state index in [-0.39, 0.29) is 11.3 Å². The topological polar surface area (TPSA) is 66.9 Å².